The molecule has 2 aliphatic heterocycles. The molecule has 0 amide bonds. The van der Waals surface area contributed by atoms with Gasteiger partial charge in [-0.25, -0.2) is 13.8 Å². The van der Waals surface area contributed by atoms with Crippen LogP contribution in [0.1, 0.15) is 27.0 Å². The molecule has 0 bridgehead atoms. The van der Waals surface area contributed by atoms with Crippen LogP contribution in [0.4, 0.5) is 4.39 Å². The summed E-state index contributed by atoms with van der Waals surface area (Å²) in [6, 6.07) is 4.18. The molecule has 0 aliphatic carbocycles. The zero-order valence-corrected chi connectivity index (χ0v) is 21.5. The number of nitrogens with one attached hydrogen (secondary N) is 2. The second kappa shape index (κ2) is 10.9. The highest BCUT2D eigenvalue weighted by Gasteiger charge is 2.56. The molecule has 1 aromatic heterocycles. The van der Waals surface area contributed by atoms with Gasteiger partial charge in [-0.15, -0.1) is 0 Å². The lowest BCUT2D eigenvalue weighted by Gasteiger charge is -2.25. The van der Waals surface area contributed by atoms with E-state index >= 15 is 4.39 Å². The summed E-state index contributed by atoms with van der Waals surface area (Å²) in [6.07, 6.45) is -3.89. The number of aliphatic hydroxyl groups is 1. The molecule has 208 valence electrons. The molecular weight excluding hydrogens is 532 g/mol. The van der Waals surface area contributed by atoms with Crippen LogP contribution in [0.3, 0.4) is 0 Å². The molecular formula is C22H27FN3O11P. The van der Waals surface area contributed by atoms with E-state index in [1.165, 1.54) is 25.1 Å². The first-order chi connectivity index (χ1) is 17.9. The first-order valence-corrected chi connectivity index (χ1v) is 13.1. The van der Waals surface area contributed by atoms with Crippen molar-refractivity contribution in [3.05, 3.63) is 51.3 Å². The van der Waals surface area contributed by atoms with Gasteiger partial charge in [-0.2, -0.15) is 5.09 Å². The maximum absolute atomic E-state index is 15.5. The van der Waals surface area contributed by atoms with Gasteiger partial charge in [0, 0.05) is 18.3 Å². The Bertz CT molecular complexity index is 1350. The van der Waals surface area contributed by atoms with E-state index in [0.29, 0.717) is 11.5 Å². The van der Waals surface area contributed by atoms with E-state index in [2.05, 4.69) is 5.09 Å². The molecule has 1 saturated heterocycles. The number of aromatic nitrogens is 2. The molecule has 2 aromatic rings. The van der Waals surface area contributed by atoms with Crippen molar-refractivity contribution in [1.29, 1.82) is 0 Å². The number of alkyl halides is 1. The minimum absolute atomic E-state index is 0.0104. The van der Waals surface area contributed by atoms with Crippen molar-refractivity contribution in [2.75, 3.05) is 20.0 Å². The van der Waals surface area contributed by atoms with Crippen molar-refractivity contribution >= 4 is 13.7 Å². The number of nitrogens with zero attached hydrogens (tertiary/aromatic N) is 1. The van der Waals surface area contributed by atoms with E-state index in [9.17, 15) is 24.1 Å². The highest BCUT2D eigenvalue weighted by atomic mass is 31.2. The fraction of sp³-hybridized carbons (Fsp3) is 0.500. The second-order valence-electron chi connectivity index (χ2n) is 8.64. The van der Waals surface area contributed by atoms with E-state index in [4.69, 9.17) is 28.0 Å². The van der Waals surface area contributed by atoms with Crippen LogP contribution in [0.2, 0.25) is 0 Å². The fourth-order valence-electron chi connectivity index (χ4n) is 3.85. The Balaban J connectivity index is 1.54. The van der Waals surface area contributed by atoms with Gasteiger partial charge in [0.1, 0.15) is 24.0 Å². The first-order valence-electron chi connectivity index (χ1n) is 11.6. The van der Waals surface area contributed by atoms with Crippen LogP contribution < -0.4 is 30.3 Å². The Morgan fingerprint density at radius 2 is 2.08 bits per heavy atom. The number of benzene rings is 1. The zero-order valence-electron chi connectivity index (χ0n) is 20.6. The highest BCUT2D eigenvalue weighted by molar-refractivity contribution is 7.52. The second-order valence-corrected chi connectivity index (χ2v) is 10.3. The highest BCUT2D eigenvalue weighted by Crippen LogP contribution is 2.49. The number of ether oxygens (including phenoxy) is 4. The molecule has 1 aromatic carbocycles. The first kappa shape index (κ1) is 27.8. The standard InChI is InChI=1S/C22H27FN3O11P/c1-4-32-19(29)12(2)25-38(31,37-13-5-6-14-15(9-13)34-11-33-14)35-10-16-18(28)22(3,23)20(36-16)26-8-7-17(27)24-21(26)30/h5-9,12,16,18,20,28H,4,10-11H2,1-3H3,(H,25,31)(H,24,27,30)/t12-,16+,18+,20+,22+,38-/m0/s1. The number of esters is 1. The Morgan fingerprint density at radius 1 is 1.34 bits per heavy atom. The summed E-state index contributed by atoms with van der Waals surface area (Å²) in [7, 11) is -4.41. The molecule has 6 atom stereocenters. The number of rotatable bonds is 10. The number of aliphatic hydroxyl groups excluding tert-OH is 1. The molecule has 16 heteroatoms. The van der Waals surface area contributed by atoms with Crippen molar-refractivity contribution in [3.63, 3.8) is 0 Å². The third-order valence-corrected chi connectivity index (χ3v) is 7.43. The van der Waals surface area contributed by atoms with Gasteiger partial charge >= 0.3 is 19.4 Å². The van der Waals surface area contributed by atoms with Crippen LogP contribution in [0.5, 0.6) is 17.2 Å². The minimum atomic E-state index is -4.41. The largest absolute Gasteiger partial charge is 0.465 e. The lowest BCUT2D eigenvalue weighted by molar-refractivity contribution is -0.144. The van der Waals surface area contributed by atoms with E-state index in [1.54, 1.807) is 6.92 Å². The summed E-state index contributed by atoms with van der Waals surface area (Å²) in [4.78, 5) is 37.7. The third kappa shape index (κ3) is 5.76. The van der Waals surface area contributed by atoms with Crippen molar-refractivity contribution in [1.82, 2.24) is 14.6 Å². The molecule has 4 rings (SSSR count). The van der Waals surface area contributed by atoms with Crippen molar-refractivity contribution < 1.29 is 46.9 Å². The molecule has 0 radical (unpaired) electrons. The molecule has 0 unspecified atom stereocenters. The summed E-state index contributed by atoms with van der Waals surface area (Å²) in [6.45, 7) is 3.35. The predicted molar refractivity (Wildman–Crippen MR) is 127 cm³/mol. The minimum Gasteiger partial charge on any atom is -0.465 e. The van der Waals surface area contributed by atoms with Gasteiger partial charge in [-0.3, -0.25) is 23.7 Å². The number of halogens is 1. The van der Waals surface area contributed by atoms with Crippen LogP contribution in [-0.4, -0.2) is 64.6 Å². The molecule has 1 fully saturated rings. The average molecular weight is 559 g/mol. The summed E-state index contributed by atoms with van der Waals surface area (Å²) in [5.74, 6) is 0.0530. The van der Waals surface area contributed by atoms with Crippen molar-refractivity contribution in [2.45, 2.75) is 50.9 Å². The van der Waals surface area contributed by atoms with Gasteiger partial charge in [0.15, 0.2) is 23.4 Å². The zero-order chi connectivity index (χ0) is 27.7. The van der Waals surface area contributed by atoms with Crippen LogP contribution in [0.15, 0.2) is 40.1 Å². The van der Waals surface area contributed by atoms with Gasteiger partial charge in [0.05, 0.1) is 13.2 Å². The van der Waals surface area contributed by atoms with Crippen LogP contribution >= 0.6 is 7.75 Å². The fourth-order valence-corrected chi connectivity index (χ4v) is 5.35. The summed E-state index contributed by atoms with van der Waals surface area (Å²) in [5, 5.41) is 13.1. The smallest absolute Gasteiger partial charge is 0.459 e. The monoisotopic (exact) mass is 559 g/mol. The third-order valence-electron chi connectivity index (χ3n) is 5.79. The average Bonchev–Trinajstić information content (AvgIpc) is 3.40. The number of hydrogen-bond donors (Lipinski definition) is 3. The number of carbonyl (C=O) groups is 1. The number of fused-ring (bicyclic) bond motifs is 1. The summed E-state index contributed by atoms with van der Waals surface area (Å²) < 4.78 is 62.0. The van der Waals surface area contributed by atoms with Crippen molar-refractivity contribution in [2.24, 2.45) is 0 Å². The van der Waals surface area contributed by atoms with Crippen LogP contribution in [-0.2, 0) is 23.4 Å². The number of hydrogen-bond acceptors (Lipinski definition) is 11. The molecule has 0 saturated carbocycles. The van der Waals surface area contributed by atoms with E-state index in [0.717, 1.165) is 23.8 Å². The molecule has 0 spiro atoms. The predicted octanol–water partition coefficient (Wildman–Crippen LogP) is 0.997. The molecule has 2 aliphatic rings. The normalized spacial score (nSPS) is 26.5. The van der Waals surface area contributed by atoms with Gasteiger partial charge in [-0.1, -0.05) is 0 Å². The maximum Gasteiger partial charge on any atom is 0.459 e. The van der Waals surface area contributed by atoms with E-state index in [1.807, 2.05) is 4.98 Å². The van der Waals surface area contributed by atoms with Crippen molar-refractivity contribution in [3.8, 4) is 17.2 Å². The van der Waals surface area contributed by atoms with Gasteiger partial charge < -0.3 is 28.6 Å². The summed E-state index contributed by atoms with van der Waals surface area (Å²) >= 11 is 0. The number of aromatic amines is 1. The van der Waals surface area contributed by atoms with Gasteiger partial charge in [0.25, 0.3) is 5.56 Å². The maximum atomic E-state index is 15.5. The topological polar surface area (TPSA) is 177 Å². The lowest BCUT2D eigenvalue weighted by Crippen LogP contribution is -2.43. The Labute approximate surface area is 215 Å². The van der Waals surface area contributed by atoms with Crippen LogP contribution in [0, 0.1) is 0 Å². The Hall–Kier alpha value is -3.23. The van der Waals surface area contributed by atoms with Gasteiger partial charge in [-0.05, 0) is 32.9 Å². The number of carbonyl (C=O) groups excluding carboxylic acids is 1. The van der Waals surface area contributed by atoms with E-state index < -0.39 is 61.7 Å². The van der Waals surface area contributed by atoms with Gasteiger partial charge in [0.2, 0.25) is 6.79 Å². The van der Waals surface area contributed by atoms with E-state index in [-0.39, 0.29) is 19.1 Å². The number of H-pyrrole nitrogens is 1. The van der Waals surface area contributed by atoms with Crippen LogP contribution in [0.25, 0.3) is 0 Å². The quantitative estimate of drug-likeness (QED) is 0.278. The molecule has 38 heavy (non-hydrogen) atoms. The molecule has 3 N–H and O–H groups in total. The Morgan fingerprint density at radius 3 is 2.79 bits per heavy atom. The Kier molecular flexibility index (Phi) is 7.95. The molecule has 14 nitrogen and oxygen atoms in total. The SMILES string of the molecule is CCOC(=O)[C@H](C)N[P@](=O)(OC[C@H]1O[C@@H](n2ccc(=O)[nH]c2=O)[C@](C)(F)[C@@H]1O)Oc1ccc2c(c1)OCO2. The lowest BCUT2D eigenvalue weighted by atomic mass is 9.98. The summed E-state index contributed by atoms with van der Waals surface area (Å²) in [5.41, 5.74) is -4.17. The molecule has 3 heterocycles.